The van der Waals surface area contributed by atoms with Gasteiger partial charge in [-0.25, -0.2) is 4.98 Å². The van der Waals surface area contributed by atoms with Gasteiger partial charge in [0.15, 0.2) is 5.78 Å². The molecule has 0 unspecified atom stereocenters. The lowest BCUT2D eigenvalue weighted by atomic mass is 10.1. The van der Waals surface area contributed by atoms with Gasteiger partial charge in [0.1, 0.15) is 11.9 Å². The van der Waals surface area contributed by atoms with Crippen molar-refractivity contribution in [1.29, 1.82) is 5.26 Å². The first-order valence-corrected chi connectivity index (χ1v) is 7.49. The summed E-state index contributed by atoms with van der Waals surface area (Å²) in [5, 5.41) is 22.6. The summed E-state index contributed by atoms with van der Waals surface area (Å²) in [6, 6.07) is 13.6. The zero-order valence-corrected chi connectivity index (χ0v) is 12.9. The summed E-state index contributed by atoms with van der Waals surface area (Å²) in [7, 11) is 0. The average Bonchev–Trinajstić information content (AvgIpc) is 2.61. The minimum atomic E-state index is -0.634. The Labute approximate surface area is 139 Å². The molecule has 0 bridgehead atoms. The summed E-state index contributed by atoms with van der Waals surface area (Å²) in [5.41, 5.74) is 0.182. The Hall–Kier alpha value is -3.27. The number of nitriles is 1. The summed E-state index contributed by atoms with van der Waals surface area (Å²) in [4.78, 5) is 25.9. The van der Waals surface area contributed by atoms with Gasteiger partial charge in [0.2, 0.25) is 5.69 Å². The molecule has 2 rings (SSSR count). The average molecular weight is 324 g/mol. The van der Waals surface area contributed by atoms with E-state index in [1.165, 1.54) is 12.1 Å². The topological polar surface area (TPSA) is 109 Å². The number of carbonyl (C=O) groups excluding carboxylic acids is 1. The van der Waals surface area contributed by atoms with Crippen molar-refractivity contribution in [3.05, 3.63) is 63.8 Å². The monoisotopic (exact) mass is 324 g/mol. The van der Waals surface area contributed by atoms with Crippen molar-refractivity contribution in [2.75, 3.05) is 11.9 Å². The first-order valence-electron chi connectivity index (χ1n) is 7.49. The van der Waals surface area contributed by atoms with Crippen LogP contribution in [0.25, 0.3) is 0 Å². The van der Waals surface area contributed by atoms with E-state index in [0.717, 1.165) is 12.8 Å². The SMILES string of the molecule is N#Cc1nc(NCCCCC(=O)c2ccccc2)ccc1[N+](=O)[O-]. The lowest BCUT2D eigenvalue weighted by molar-refractivity contribution is -0.385. The number of aromatic nitrogens is 1. The second kappa shape index (κ2) is 8.39. The number of Topliss-reactive ketones (excluding diaryl/α,β-unsaturated/α-hetero) is 1. The highest BCUT2D eigenvalue weighted by atomic mass is 16.6. The number of nitrogens with one attached hydrogen (secondary N) is 1. The Kier molecular flexibility index (Phi) is 5.97. The van der Waals surface area contributed by atoms with Crippen molar-refractivity contribution < 1.29 is 9.72 Å². The lowest BCUT2D eigenvalue weighted by Gasteiger charge is -2.06. The van der Waals surface area contributed by atoms with E-state index in [0.29, 0.717) is 24.3 Å². The van der Waals surface area contributed by atoms with Crippen LogP contribution in [0.2, 0.25) is 0 Å². The molecular formula is C17H16N4O3. The van der Waals surface area contributed by atoms with Gasteiger partial charge in [-0.3, -0.25) is 14.9 Å². The number of carbonyl (C=O) groups is 1. The van der Waals surface area contributed by atoms with Gasteiger partial charge in [0, 0.05) is 24.6 Å². The molecule has 0 fully saturated rings. The lowest BCUT2D eigenvalue weighted by Crippen LogP contribution is -2.06. The van der Waals surface area contributed by atoms with Gasteiger partial charge in [-0.05, 0) is 18.9 Å². The summed E-state index contributed by atoms with van der Waals surface area (Å²) < 4.78 is 0. The van der Waals surface area contributed by atoms with E-state index < -0.39 is 4.92 Å². The fourth-order valence-corrected chi connectivity index (χ4v) is 2.18. The highest BCUT2D eigenvalue weighted by Crippen LogP contribution is 2.18. The van der Waals surface area contributed by atoms with Gasteiger partial charge in [0.25, 0.3) is 0 Å². The van der Waals surface area contributed by atoms with Crippen LogP contribution >= 0.6 is 0 Å². The zero-order chi connectivity index (χ0) is 17.4. The second-order valence-electron chi connectivity index (χ2n) is 5.11. The van der Waals surface area contributed by atoms with Crippen molar-refractivity contribution in [3.8, 4) is 6.07 Å². The molecule has 7 heteroatoms. The van der Waals surface area contributed by atoms with E-state index in [1.807, 2.05) is 18.2 Å². The molecule has 1 heterocycles. The molecule has 0 aliphatic heterocycles. The molecule has 0 saturated heterocycles. The highest BCUT2D eigenvalue weighted by Gasteiger charge is 2.15. The van der Waals surface area contributed by atoms with Crippen LogP contribution in [0.5, 0.6) is 0 Å². The molecular weight excluding hydrogens is 308 g/mol. The number of unbranched alkanes of at least 4 members (excludes halogenated alkanes) is 1. The number of nitrogens with zero attached hydrogens (tertiary/aromatic N) is 3. The minimum absolute atomic E-state index is 0.107. The van der Waals surface area contributed by atoms with E-state index >= 15 is 0 Å². The van der Waals surface area contributed by atoms with Gasteiger partial charge in [0.05, 0.1) is 4.92 Å². The molecule has 2 aromatic rings. The number of benzene rings is 1. The third-order valence-electron chi connectivity index (χ3n) is 3.41. The first-order chi connectivity index (χ1) is 11.6. The van der Waals surface area contributed by atoms with Crippen molar-refractivity contribution >= 4 is 17.3 Å². The van der Waals surface area contributed by atoms with Crippen LogP contribution in [0.3, 0.4) is 0 Å². The zero-order valence-electron chi connectivity index (χ0n) is 12.9. The second-order valence-corrected chi connectivity index (χ2v) is 5.11. The van der Waals surface area contributed by atoms with Crippen molar-refractivity contribution in [2.45, 2.75) is 19.3 Å². The number of pyridine rings is 1. The maximum absolute atomic E-state index is 11.9. The summed E-state index contributed by atoms with van der Waals surface area (Å²) >= 11 is 0. The Morgan fingerprint density at radius 3 is 2.62 bits per heavy atom. The van der Waals surface area contributed by atoms with E-state index in [-0.39, 0.29) is 17.2 Å². The third-order valence-corrected chi connectivity index (χ3v) is 3.41. The smallest absolute Gasteiger partial charge is 0.305 e. The van der Waals surface area contributed by atoms with E-state index in [1.54, 1.807) is 18.2 Å². The standard InChI is InChI=1S/C17H16N4O3/c18-12-14-15(21(23)24)9-10-17(20-14)19-11-5-4-8-16(22)13-6-2-1-3-7-13/h1-3,6-7,9-10H,4-5,8,11H2,(H,19,20). The van der Waals surface area contributed by atoms with Gasteiger partial charge >= 0.3 is 5.69 Å². The Morgan fingerprint density at radius 1 is 1.21 bits per heavy atom. The van der Waals surface area contributed by atoms with Gasteiger partial charge in [-0.1, -0.05) is 30.3 Å². The molecule has 1 N–H and O–H groups in total. The molecule has 1 aromatic carbocycles. The van der Waals surface area contributed by atoms with E-state index in [4.69, 9.17) is 5.26 Å². The number of rotatable bonds is 8. The number of nitro groups is 1. The van der Waals surface area contributed by atoms with Crippen LogP contribution in [0.15, 0.2) is 42.5 Å². The fourth-order valence-electron chi connectivity index (χ4n) is 2.18. The fraction of sp³-hybridized carbons (Fsp3) is 0.235. The number of hydrogen-bond donors (Lipinski definition) is 1. The Morgan fingerprint density at radius 2 is 1.96 bits per heavy atom. The molecule has 0 radical (unpaired) electrons. The summed E-state index contributed by atoms with van der Waals surface area (Å²) in [6.07, 6.45) is 1.93. The molecule has 122 valence electrons. The molecule has 24 heavy (non-hydrogen) atoms. The van der Waals surface area contributed by atoms with Crippen LogP contribution < -0.4 is 5.32 Å². The van der Waals surface area contributed by atoms with E-state index in [2.05, 4.69) is 10.3 Å². The maximum atomic E-state index is 11.9. The summed E-state index contributed by atoms with van der Waals surface area (Å²) in [6.45, 7) is 0.567. The molecule has 0 amide bonds. The van der Waals surface area contributed by atoms with Crippen LogP contribution in [-0.4, -0.2) is 22.2 Å². The van der Waals surface area contributed by atoms with Crippen molar-refractivity contribution in [2.24, 2.45) is 0 Å². The molecule has 1 aromatic heterocycles. The normalized spacial score (nSPS) is 9.96. The summed E-state index contributed by atoms with van der Waals surface area (Å²) in [5.74, 6) is 0.516. The number of anilines is 1. The van der Waals surface area contributed by atoms with Crippen molar-refractivity contribution in [1.82, 2.24) is 4.98 Å². The highest BCUT2D eigenvalue weighted by molar-refractivity contribution is 5.95. The molecule has 0 atom stereocenters. The van der Waals surface area contributed by atoms with Gasteiger partial charge < -0.3 is 5.32 Å². The van der Waals surface area contributed by atoms with Crippen LogP contribution in [0, 0.1) is 21.4 Å². The Bertz CT molecular complexity index is 769. The van der Waals surface area contributed by atoms with E-state index in [9.17, 15) is 14.9 Å². The molecule has 0 spiro atoms. The van der Waals surface area contributed by atoms with Crippen LogP contribution in [0.4, 0.5) is 11.5 Å². The van der Waals surface area contributed by atoms with Gasteiger partial charge in [-0.15, -0.1) is 0 Å². The van der Waals surface area contributed by atoms with Gasteiger partial charge in [-0.2, -0.15) is 5.26 Å². The van der Waals surface area contributed by atoms with Crippen LogP contribution in [0.1, 0.15) is 35.3 Å². The Balaban J connectivity index is 1.78. The van der Waals surface area contributed by atoms with Crippen molar-refractivity contribution in [3.63, 3.8) is 0 Å². The molecule has 0 aliphatic rings. The maximum Gasteiger partial charge on any atom is 0.305 e. The third kappa shape index (κ3) is 4.61. The molecule has 7 nitrogen and oxygen atoms in total. The molecule has 0 aliphatic carbocycles. The molecule has 0 saturated carbocycles. The number of hydrogen-bond acceptors (Lipinski definition) is 6. The van der Waals surface area contributed by atoms with Crippen LogP contribution in [-0.2, 0) is 0 Å². The predicted molar refractivity (Wildman–Crippen MR) is 88.7 cm³/mol. The first kappa shape index (κ1) is 17.1. The number of ketones is 1. The minimum Gasteiger partial charge on any atom is -0.370 e. The largest absolute Gasteiger partial charge is 0.370 e. The quantitative estimate of drug-likeness (QED) is 0.345. The predicted octanol–water partition coefficient (Wildman–Crippen LogP) is 3.33.